The van der Waals surface area contributed by atoms with Crippen LogP contribution < -0.4 is 20.0 Å². The molecule has 0 aromatic heterocycles. The maximum atomic E-state index is 13.6. The number of aliphatic hydroxyl groups excluding tert-OH is 1. The van der Waals surface area contributed by atoms with Gasteiger partial charge in [-0.2, -0.15) is 30.7 Å². The Morgan fingerprint density at radius 2 is 0.882 bits per heavy atom. The van der Waals surface area contributed by atoms with Gasteiger partial charge in [-0.15, -0.1) is 0 Å². The molecule has 1 saturated heterocycles. The lowest BCUT2D eigenvalue weighted by Crippen LogP contribution is -2.42. The first-order valence-electron chi connectivity index (χ1n) is 29.5. The number of alkyl halides is 6. The van der Waals surface area contributed by atoms with E-state index in [4.69, 9.17) is 94.3 Å². The molecule has 1 aliphatic rings. The number of rotatable bonds is 12. The molecule has 36 heteroatoms. The number of nitrogens with two attached hydrogens (primary N) is 1. The molecule has 0 radical (unpaired) electrons. The fraction of sp³-hybridized carbons (Fsp3) is 0.409. The van der Waals surface area contributed by atoms with Crippen molar-refractivity contribution in [1.29, 1.82) is 0 Å². The fourth-order valence-corrected chi connectivity index (χ4v) is 12.8. The number of benzene rings is 6. The van der Waals surface area contributed by atoms with Crippen molar-refractivity contribution in [3.8, 4) is 0 Å². The van der Waals surface area contributed by atoms with Crippen molar-refractivity contribution in [2.75, 3.05) is 0 Å². The normalized spacial score (nSPS) is 15.4. The van der Waals surface area contributed by atoms with Gasteiger partial charge < -0.3 is 19.5 Å². The van der Waals surface area contributed by atoms with E-state index in [1.165, 1.54) is 42.5 Å². The predicted molar refractivity (Wildman–Crippen MR) is 428 cm³/mol. The minimum absolute atomic E-state index is 0.00782. The second kappa shape index (κ2) is 42.5. The fourth-order valence-electron chi connectivity index (χ4n) is 6.60. The smallest absolute Gasteiger partial charge is 0.478 e. The van der Waals surface area contributed by atoms with Gasteiger partial charge in [-0.05, 0) is 212 Å². The molecule has 1 fully saturated rings. The monoisotopic (exact) mass is 1940 g/mol. The molecule has 6 aromatic rings. The molecule has 568 valence electrons. The van der Waals surface area contributed by atoms with Crippen molar-refractivity contribution in [3.05, 3.63) is 195 Å². The Morgan fingerprint density at radius 3 is 1.20 bits per heavy atom. The zero-order chi connectivity index (χ0) is 79.4. The number of carboxylic acid groups (broad SMARTS) is 1. The van der Waals surface area contributed by atoms with E-state index in [0.29, 0.717) is 30.6 Å². The van der Waals surface area contributed by atoms with E-state index in [1.54, 1.807) is 96.3 Å². The number of nitrogens with zero attached hydrogens (tertiary/aromatic N) is 1. The summed E-state index contributed by atoms with van der Waals surface area (Å²) in [6.07, 6.45) is -6.99. The van der Waals surface area contributed by atoms with Crippen LogP contribution in [-0.4, -0.2) is 95.2 Å². The van der Waals surface area contributed by atoms with Gasteiger partial charge in [-0.1, -0.05) is 180 Å². The highest BCUT2D eigenvalue weighted by Crippen LogP contribution is 2.41. The van der Waals surface area contributed by atoms with Crippen molar-refractivity contribution >= 4 is 224 Å². The zero-order valence-electron chi connectivity index (χ0n) is 57.7. The number of carboxylic acids is 1. The second-order valence-electron chi connectivity index (χ2n) is 26.3. The molecule has 0 unspecified atom stereocenters. The van der Waals surface area contributed by atoms with Crippen molar-refractivity contribution in [2.24, 2.45) is 9.54 Å². The minimum atomic E-state index is -4.67. The van der Waals surface area contributed by atoms with Crippen LogP contribution in [-0.2, 0) is 59.9 Å². The molecule has 14 nitrogen and oxygen atoms in total. The van der Waals surface area contributed by atoms with Crippen LogP contribution in [0.1, 0.15) is 166 Å². The van der Waals surface area contributed by atoms with E-state index >= 15 is 0 Å². The topological polar surface area (TPSA) is 224 Å². The summed E-state index contributed by atoms with van der Waals surface area (Å²) in [5.41, 5.74) is 1.16. The number of aliphatic hydroxyl groups is 1. The molecule has 6 aromatic carbocycles. The number of hydrogen-bond acceptors (Lipinski definition) is 9. The van der Waals surface area contributed by atoms with Gasteiger partial charge in [0.1, 0.15) is 23.1 Å². The summed E-state index contributed by atoms with van der Waals surface area (Å²) in [7, 11) is -6.97. The number of carbonyl (C=O) groups is 2. The first kappa shape index (κ1) is 98.3. The van der Waals surface area contributed by atoms with E-state index < -0.39 is 102 Å². The summed E-state index contributed by atoms with van der Waals surface area (Å²) in [6.45, 7) is 28.2. The third-order valence-corrected chi connectivity index (χ3v) is 23.3. The highest BCUT2D eigenvalue weighted by atomic mass is 79.9. The number of halogens is 17. The number of carbonyl (C=O) groups excluding carboxylic acids is 1. The maximum Gasteiger partial charge on any atom is 0.494 e. The zero-order valence-corrected chi connectivity index (χ0v) is 73.5. The Kier molecular flexibility index (Phi) is 40.9. The van der Waals surface area contributed by atoms with Gasteiger partial charge in [0, 0.05) is 54.8 Å². The Balaban J connectivity index is 0.000000624. The lowest BCUT2D eigenvalue weighted by molar-refractivity contribution is -0.153. The summed E-state index contributed by atoms with van der Waals surface area (Å²) in [6, 6.07) is 24.6. The second-order valence-corrected chi connectivity index (χ2v) is 41.0. The molecule has 6 atom stereocenters. The Morgan fingerprint density at radius 1 is 0.539 bits per heavy atom. The van der Waals surface area contributed by atoms with Crippen LogP contribution in [0, 0.1) is 0 Å². The molecule has 0 spiro atoms. The van der Waals surface area contributed by atoms with E-state index in [0.717, 1.165) is 35.3 Å². The van der Waals surface area contributed by atoms with Crippen molar-refractivity contribution in [3.63, 3.8) is 0 Å². The molecule has 0 amide bonds. The maximum absolute atomic E-state index is 13.6. The average molecular weight is 1950 g/mol. The average Bonchev–Trinajstić information content (AvgIpc) is 1.57. The van der Waals surface area contributed by atoms with Gasteiger partial charge >= 0.3 is 25.4 Å². The van der Waals surface area contributed by atoms with Crippen LogP contribution in [0.15, 0.2) is 136 Å². The molecule has 102 heavy (non-hydrogen) atoms. The summed E-state index contributed by atoms with van der Waals surface area (Å²) in [5, 5.41) is 24.1. The Bertz CT molecular complexity index is 3930. The van der Waals surface area contributed by atoms with Crippen LogP contribution in [0.4, 0.5) is 26.3 Å². The van der Waals surface area contributed by atoms with E-state index in [2.05, 4.69) is 93.5 Å². The molecule has 0 aliphatic carbocycles. The van der Waals surface area contributed by atoms with Crippen molar-refractivity contribution < 1.29 is 72.3 Å². The van der Waals surface area contributed by atoms with Gasteiger partial charge in [0.15, 0.2) is 6.29 Å². The van der Waals surface area contributed by atoms with Gasteiger partial charge in [0.2, 0.25) is 0 Å². The summed E-state index contributed by atoms with van der Waals surface area (Å²) < 4.78 is 149. The molecule has 0 bridgehead atoms. The lowest BCUT2D eigenvalue weighted by atomic mass is 9.78. The largest absolute Gasteiger partial charge is 0.494 e. The molecule has 1 aliphatic heterocycles. The quantitative estimate of drug-likeness (QED) is 0.0337. The molecule has 0 saturated carbocycles. The summed E-state index contributed by atoms with van der Waals surface area (Å²) in [5.74, 6) is -1.01. The summed E-state index contributed by atoms with van der Waals surface area (Å²) in [4.78, 5) is 20.7. The van der Waals surface area contributed by atoms with E-state index in [9.17, 15) is 52.8 Å². The molecular formula is C66H78BBr5Cl6F6N4O10S4. The SMILES string of the molecule is CC(C)(C)[S@@](N)=O.CC(C)(C)[S@](=O)N=Cc1ccc(Br)cc1Cl.CC(C)(C)[S@](=O)N[C@H](c1ccc(B2OC(C)(C)C(C)(C)O2)cc1Cl)C(F)(F)F.CC(C)(C)[S@](=O)N[C@H](c1ccc(Br)cc1Cl)C(F)(F)F.O=C(O)c1ccc(Br)cc1Cl.O=Cc1ccc(Br)cc1Cl.OCc1ccc(Br)cc1Cl. The number of hydrogen-bond donors (Lipinski definition) is 5. The first-order chi connectivity index (χ1) is 46.2. The lowest BCUT2D eigenvalue weighted by Gasteiger charge is -2.32. The number of aromatic carboxylic acids is 1. The Hall–Kier alpha value is -1.73. The van der Waals surface area contributed by atoms with Gasteiger partial charge in [-0.3, -0.25) is 9.93 Å². The minimum Gasteiger partial charge on any atom is -0.478 e. The van der Waals surface area contributed by atoms with E-state index in [-0.39, 0.29) is 47.9 Å². The first-order valence-corrected chi connectivity index (χ1v) is 40.4. The van der Waals surface area contributed by atoms with Crippen LogP contribution in [0.25, 0.3) is 0 Å². The molecule has 1 heterocycles. The summed E-state index contributed by atoms with van der Waals surface area (Å²) >= 11 is 51.2. The standard InChI is InChI=1S/C18H26BClF3NO3S.C12H14BrClF3NOS.C11H13BrClNOS.C7H4BrClO2.C7H6BrClO.C7H4BrClO.C4H11NOS/c1-15(2,3)28(25)24-14(18(21,22)23)12-9-8-11(10-13(12)20)19-26-16(4,5)17(6,7)27-19;1-11(2,3)20(19)18-10(12(15,16)17)8-5-4-7(13)6-9(8)14;1-11(2,3)16(15)14-7-8-4-5-9(12)6-10(8)13;8-4-1-2-5(7(10)11)6(9)3-4;2*8-6-2-1-5(4-10)7(9)3-6;1-4(2,3)7(5)6/h8-10,14,24H,1-7H3;4-6,10,18H,1-3H3;4-7H,1-3H3;1-3H,(H,10,11);1-3,10H,4H2;1-4H;5H2,1-3H3/t14-,28+;10-,20+;16-;;;;7-/m110...0/s1. The van der Waals surface area contributed by atoms with Crippen LogP contribution in [0.3, 0.4) is 0 Å². The van der Waals surface area contributed by atoms with Gasteiger partial charge in [-0.25, -0.2) is 31.1 Å². The van der Waals surface area contributed by atoms with Crippen molar-refractivity contribution in [2.45, 2.75) is 172 Å². The third-order valence-electron chi connectivity index (χ3n) is 13.2. The third kappa shape index (κ3) is 34.5. The van der Waals surface area contributed by atoms with Crippen LogP contribution in [0.5, 0.6) is 0 Å². The molecule has 7 rings (SSSR count). The number of nitrogens with one attached hydrogen (secondary N) is 2. The van der Waals surface area contributed by atoms with Crippen molar-refractivity contribution in [1.82, 2.24) is 9.44 Å². The highest BCUT2D eigenvalue weighted by molar-refractivity contribution is 9.11. The Labute approximate surface area is 675 Å². The predicted octanol–water partition coefficient (Wildman–Crippen LogP) is 21.8. The van der Waals surface area contributed by atoms with Crippen LogP contribution in [0.2, 0.25) is 30.1 Å². The molecular weight excluding hydrogens is 1870 g/mol. The van der Waals surface area contributed by atoms with E-state index in [1.807, 2.05) is 87.4 Å². The van der Waals surface area contributed by atoms with Gasteiger partial charge in [0.25, 0.3) is 0 Å². The highest BCUT2D eigenvalue weighted by Gasteiger charge is 2.52. The van der Waals surface area contributed by atoms with Crippen LogP contribution >= 0.6 is 149 Å². The number of aldehydes is 1. The van der Waals surface area contributed by atoms with Gasteiger partial charge in [0.05, 0.1) is 90.4 Å². The molecule has 6 N–H and O–H groups in total.